The van der Waals surface area contributed by atoms with Gasteiger partial charge in [-0.3, -0.25) is 14.4 Å². The molecule has 0 aliphatic heterocycles. The van der Waals surface area contributed by atoms with Gasteiger partial charge in [0, 0.05) is 30.3 Å². The molecule has 2 amide bonds. The van der Waals surface area contributed by atoms with E-state index in [9.17, 15) is 14.4 Å². The summed E-state index contributed by atoms with van der Waals surface area (Å²) < 4.78 is 10.2. The van der Waals surface area contributed by atoms with E-state index in [0.29, 0.717) is 28.3 Å². The van der Waals surface area contributed by atoms with Crippen molar-refractivity contribution < 1.29 is 23.9 Å². The summed E-state index contributed by atoms with van der Waals surface area (Å²) >= 11 is 0. The third-order valence-electron chi connectivity index (χ3n) is 4.39. The van der Waals surface area contributed by atoms with Crippen LogP contribution < -0.4 is 20.1 Å². The number of hydrogen-bond donors (Lipinski definition) is 2. The number of benzene rings is 3. The Balaban J connectivity index is 1.68. The first kappa shape index (κ1) is 21.6. The topological polar surface area (TPSA) is 93.7 Å². The Morgan fingerprint density at radius 3 is 2.16 bits per heavy atom. The summed E-state index contributed by atoms with van der Waals surface area (Å²) in [6.07, 6.45) is 0. The number of methoxy groups -OCH3 is 1. The predicted molar refractivity (Wildman–Crippen MR) is 116 cm³/mol. The first-order valence-corrected chi connectivity index (χ1v) is 9.56. The number of anilines is 1. The van der Waals surface area contributed by atoms with Crippen LogP contribution in [0.1, 0.15) is 33.2 Å². The lowest BCUT2D eigenvalue weighted by Gasteiger charge is -2.13. The molecule has 0 saturated heterocycles. The summed E-state index contributed by atoms with van der Waals surface area (Å²) in [5.41, 5.74) is 2.14. The molecule has 0 unspecified atom stereocenters. The van der Waals surface area contributed by atoms with E-state index in [0.717, 1.165) is 5.56 Å². The summed E-state index contributed by atoms with van der Waals surface area (Å²) in [4.78, 5) is 36.3. The molecule has 0 saturated carbocycles. The van der Waals surface area contributed by atoms with Crippen molar-refractivity contribution >= 4 is 23.5 Å². The van der Waals surface area contributed by atoms with Crippen molar-refractivity contribution in [3.8, 4) is 11.5 Å². The molecule has 3 aromatic carbocycles. The highest BCUT2D eigenvalue weighted by Crippen LogP contribution is 2.19. The van der Waals surface area contributed by atoms with E-state index in [4.69, 9.17) is 9.47 Å². The lowest BCUT2D eigenvalue weighted by atomic mass is 10.1. The number of carbonyl (C=O) groups excluding carboxylic acids is 3. The van der Waals surface area contributed by atoms with Crippen LogP contribution >= 0.6 is 0 Å². The van der Waals surface area contributed by atoms with Crippen molar-refractivity contribution in [1.29, 1.82) is 0 Å². The van der Waals surface area contributed by atoms with Crippen LogP contribution in [0.5, 0.6) is 11.5 Å². The second-order valence-electron chi connectivity index (χ2n) is 6.65. The van der Waals surface area contributed by atoms with Crippen molar-refractivity contribution in [2.45, 2.75) is 13.5 Å². The summed E-state index contributed by atoms with van der Waals surface area (Å²) in [5, 5.41) is 5.69. The fraction of sp³-hybridized carbons (Fsp3) is 0.125. The molecular weight excluding hydrogens is 396 g/mol. The molecule has 3 aromatic rings. The molecule has 0 bridgehead atoms. The Hall–Kier alpha value is -4.13. The van der Waals surface area contributed by atoms with Crippen LogP contribution in [0, 0.1) is 0 Å². The minimum atomic E-state index is -0.460. The third kappa shape index (κ3) is 5.93. The van der Waals surface area contributed by atoms with Crippen LogP contribution in [-0.2, 0) is 11.3 Å². The largest absolute Gasteiger partial charge is 0.497 e. The Bertz CT molecular complexity index is 1110. The maximum atomic E-state index is 12.6. The first-order valence-electron chi connectivity index (χ1n) is 9.56. The molecule has 0 aromatic heterocycles. The lowest BCUT2D eigenvalue weighted by Crippen LogP contribution is -2.24. The Morgan fingerprint density at radius 2 is 1.45 bits per heavy atom. The second-order valence-corrected chi connectivity index (χ2v) is 6.65. The van der Waals surface area contributed by atoms with E-state index in [-0.39, 0.29) is 18.4 Å². The van der Waals surface area contributed by atoms with Gasteiger partial charge in [-0.1, -0.05) is 30.3 Å². The van der Waals surface area contributed by atoms with Gasteiger partial charge in [0.15, 0.2) is 0 Å². The first-order chi connectivity index (χ1) is 15.0. The average molecular weight is 418 g/mol. The van der Waals surface area contributed by atoms with Gasteiger partial charge in [-0.2, -0.15) is 0 Å². The number of carbonyl (C=O) groups is 3. The number of rotatable bonds is 7. The van der Waals surface area contributed by atoms with Crippen molar-refractivity contribution in [3.63, 3.8) is 0 Å². The number of para-hydroxylation sites is 1. The number of esters is 1. The summed E-state index contributed by atoms with van der Waals surface area (Å²) in [5.74, 6) is -0.191. The van der Waals surface area contributed by atoms with E-state index in [1.165, 1.54) is 20.1 Å². The van der Waals surface area contributed by atoms with Gasteiger partial charge in [-0.15, -0.1) is 0 Å². The van der Waals surface area contributed by atoms with Gasteiger partial charge >= 0.3 is 5.97 Å². The standard InChI is InChI=1S/C24H22N2O5/c1-16(27)31-21-11-6-8-17(14-21)23(28)25-15-19-7-3-4-12-22(19)26-24(29)18-9-5-10-20(13-18)30-2/h3-14H,15H2,1-2H3,(H,25,28)(H,26,29). The fourth-order valence-corrected chi connectivity index (χ4v) is 2.90. The summed E-state index contributed by atoms with van der Waals surface area (Å²) in [7, 11) is 1.54. The van der Waals surface area contributed by atoms with Gasteiger partial charge in [0.25, 0.3) is 11.8 Å². The van der Waals surface area contributed by atoms with Gasteiger partial charge in [0.1, 0.15) is 11.5 Å². The molecule has 0 atom stereocenters. The molecule has 0 spiro atoms. The zero-order valence-electron chi connectivity index (χ0n) is 17.2. The van der Waals surface area contributed by atoms with Crippen molar-refractivity contribution in [2.75, 3.05) is 12.4 Å². The Kier molecular flexibility index (Phi) is 7.01. The number of ether oxygens (including phenoxy) is 2. The van der Waals surface area contributed by atoms with Crippen molar-refractivity contribution in [2.24, 2.45) is 0 Å². The van der Waals surface area contributed by atoms with Crippen LogP contribution in [0.4, 0.5) is 5.69 Å². The van der Waals surface area contributed by atoms with Gasteiger partial charge in [0.05, 0.1) is 7.11 Å². The van der Waals surface area contributed by atoms with E-state index in [1.807, 2.05) is 12.1 Å². The normalized spacial score (nSPS) is 10.1. The monoisotopic (exact) mass is 418 g/mol. The predicted octanol–water partition coefficient (Wildman–Crippen LogP) is 3.80. The molecule has 0 aliphatic rings. The SMILES string of the molecule is COc1cccc(C(=O)Nc2ccccc2CNC(=O)c2cccc(OC(C)=O)c2)c1. The smallest absolute Gasteiger partial charge is 0.308 e. The molecule has 31 heavy (non-hydrogen) atoms. The molecule has 158 valence electrons. The molecule has 3 rings (SSSR count). The van der Waals surface area contributed by atoms with Crippen molar-refractivity contribution in [3.05, 3.63) is 89.5 Å². The highest BCUT2D eigenvalue weighted by Gasteiger charge is 2.12. The van der Waals surface area contributed by atoms with E-state index in [2.05, 4.69) is 10.6 Å². The van der Waals surface area contributed by atoms with Crippen LogP contribution in [0.3, 0.4) is 0 Å². The molecular formula is C24H22N2O5. The highest BCUT2D eigenvalue weighted by atomic mass is 16.5. The van der Waals surface area contributed by atoms with E-state index < -0.39 is 5.97 Å². The maximum absolute atomic E-state index is 12.6. The summed E-state index contributed by atoms with van der Waals surface area (Å²) in [6, 6.07) is 20.4. The molecule has 0 radical (unpaired) electrons. The van der Waals surface area contributed by atoms with Crippen LogP contribution in [-0.4, -0.2) is 24.9 Å². The number of nitrogens with one attached hydrogen (secondary N) is 2. The van der Waals surface area contributed by atoms with Crippen LogP contribution in [0.15, 0.2) is 72.8 Å². The summed E-state index contributed by atoms with van der Waals surface area (Å²) in [6.45, 7) is 1.49. The van der Waals surface area contributed by atoms with Gasteiger partial charge in [0.2, 0.25) is 0 Å². The van der Waals surface area contributed by atoms with Gasteiger partial charge in [-0.05, 0) is 48.0 Å². The Labute approximate surface area is 180 Å². The van der Waals surface area contributed by atoms with Crippen molar-refractivity contribution in [1.82, 2.24) is 5.32 Å². The minimum Gasteiger partial charge on any atom is -0.497 e. The van der Waals surface area contributed by atoms with Crippen LogP contribution in [0.2, 0.25) is 0 Å². The average Bonchev–Trinajstić information content (AvgIpc) is 2.78. The van der Waals surface area contributed by atoms with E-state index in [1.54, 1.807) is 54.6 Å². The van der Waals surface area contributed by atoms with E-state index >= 15 is 0 Å². The lowest BCUT2D eigenvalue weighted by molar-refractivity contribution is -0.131. The highest BCUT2D eigenvalue weighted by molar-refractivity contribution is 6.05. The molecule has 0 aliphatic carbocycles. The molecule has 0 heterocycles. The molecule has 2 N–H and O–H groups in total. The minimum absolute atomic E-state index is 0.200. The van der Waals surface area contributed by atoms with Crippen LogP contribution in [0.25, 0.3) is 0 Å². The third-order valence-corrected chi connectivity index (χ3v) is 4.39. The quantitative estimate of drug-likeness (QED) is 0.450. The van der Waals surface area contributed by atoms with Gasteiger partial charge < -0.3 is 20.1 Å². The number of hydrogen-bond acceptors (Lipinski definition) is 5. The number of amides is 2. The molecule has 7 nitrogen and oxygen atoms in total. The molecule has 7 heteroatoms. The zero-order chi connectivity index (χ0) is 22.2. The second kappa shape index (κ2) is 10.1. The zero-order valence-corrected chi connectivity index (χ0v) is 17.2. The molecule has 0 fully saturated rings. The maximum Gasteiger partial charge on any atom is 0.308 e. The Morgan fingerprint density at radius 1 is 0.806 bits per heavy atom. The van der Waals surface area contributed by atoms with Gasteiger partial charge in [-0.25, -0.2) is 0 Å². The fourth-order valence-electron chi connectivity index (χ4n) is 2.90.